The van der Waals surface area contributed by atoms with E-state index in [-0.39, 0.29) is 25.6 Å². The average Bonchev–Trinajstić information content (AvgIpc) is 2.51. The summed E-state index contributed by atoms with van der Waals surface area (Å²) in [6, 6.07) is 8.98. The summed E-state index contributed by atoms with van der Waals surface area (Å²) >= 11 is 0. The number of hydrogen-bond acceptors (Lipinski definition) is 5. The van der Waals surface area contributed by atoms with Crippen LogP contribution in [0.2, 0.25) is 0 Å². The molecule has 0 radical (unpaired) electrons. The number of rotatable bonds is 8. The van der Waals surface area contributed by atoms with Gasteiger partial charge in [-0.05, 0) is 19.1 Å². The van der Waals surface area contributed by atoms with Gasteiger partial charge in [0.1, 0.15) is 5.75 Å². The minimum absolute atomic E-state index is 0.137. The third kappa shape index (κ3) is 6.13. The number of para-hydroxylation sites is 1. The Morgan fingerprint density at radius 1 is 1.18 bits per heavy atom. The van der Waals surface area contributed by atoms with Crippen LogP contribution < -0.4 is 4.74 Å². The van der Waals surface area contributed by atoms with E-state index >= 15 is 0 Å². The Labute approximate surface area is 130 Å². The average molecular weight is 309 g/mol. The fourth-order valence-corrected chi connectivity index (χ4v) is 1.96. The summed E-state index contributed by atoms with van der Waals surface area (Å²) in [7, 11) is 1.30. The molecule has 1 rings (SSSR count). The van der Waals surface area contributed by atoms with Crippen molar-refractivity contribution in [1.82, 2.24) is 4.90 Å². The molecule has 0 aliphatic carbocycles. The fourth-order valence-electron chi connectivity index (χ4n) is 1.96. The summed E-state index contributed by atoms with van der Waals surface area (Å²) in [6.07, 6.45) is -0.689. The van der Waals surface area contributed by atoms with E-state index in [0.717, 1.165) is 0 Å². The van der Waals surface area contributed by atoms with Crippen molar-refractivity contribution in [3.63, 3.8) is 0 Å². The number of carbonyl (C=O) groups excluding carboxylic acids is 2. The summed E-state index contributed by atoms with van der Waals surface area (Å²) in [4.78, 5) is 25.1. The molecule has 6 nitrogen and oxygen atoms in total. The number of benzene rings is 1. The van der Waals surface area contributed by atoms with E-state index in [9.17, 15) is 14.7 Å². The van der Waals surface area contributed by atoms with Gasteiger partial charge in [-0.2, -0.15) is 0 Å². The Kier molecular flexibility index (Phi) is 7.39. The lowest BCUT2D eigenvalue weighted by Gasteiger charge is -2.26. The zero-order valence-corrected chi connectivity index (χ0v) is 13.2. The molecule has 0 spiro atoms. The summed E-state index contributed by atoms with van der Waals surface area (Å²) in [6.45, 7) is 3.42. The first-order valence-corrected chi connectivity index (χ1v) is 7.15. The summed E-state index contributed by atoms with van der Waals surface area (Å²) in [5.74, 6) is -0.564. The van der Waals surface area contributed by atoms with Gasteiger partial charge in [-0.3, -0.25) is 9.59 Å². The van der Waals surface area contributed by atoms with E-state index in [1.54, 1.807) is 26.0 Å². The van der Waals surface area contributed by atoms with Gasteiger partial charge in [0.25, 0.3) is 5.91 Å². The highest BCUT2D eigenvalue weighted by Crippen LogP contribution is 2.09. The largest absolute Gasteiger partial charge is 0.484 e. The zero-order chi connectivity index (χ0) is 16.5. The smallest absolute Gasteiger partial charge is 0.310 e. The van der Waals surface area contributed by atoms with Crippen LogP contribution in [0.25, 0.3) is 0 Å². The monoisotopic (exact) mass is 309 g/mol. The van der Waals surface area contributed by atoms with Gasteiger partial charge < -0.3 is 19.5 Å². The zero-order valence-electron chi connectivity index (χ0n) is 13.2. The highest BCUT2D eigenvalue weighted by molar-refractivity contribution is 5.79. The molecule has 2 unspecified atom stereocenters. The van der Waals surface area contributed by atoms with Crippen LogP contribution in [0.15, 0.2) is 30.3 Å². The lowest BCUT2D eigenvalue weighted by molar-refractivity contribution is -0.147. The van der Waals surface area contributed by atoms with Crippen LogP contribution in [0, 0.1) is 5.92 Å². The maximum absolute atomic E-state index is 12.2. The Morgan fingerprint density at radius 3 is 2.36 bits per heavy atom. The van der Waals surface area contributed by atoms with Gasteiger partial charge in [0.2, 0.25) is 0 Å². The number of amides is 1. The van der Waals surface area contributed by atoms with Gasteiger partial charge in [0, 0.05) is 13.1 Å². The van der Waals surface area contributed by atoms with Gasteiger partial charge in [-0.15, -0.1) is 0 Å². The molecule has 0 bridgehead atoms. The van der Waals surface area contributed by atoms with Crippen molar-refractivity contribution < 1.29 is 24.2 Å². The van der Waals surface area contributed by atoms with Crippen LogP contribution >= 0.6 is 0 Å². The molecule has 0 heterocycles. The van der Waals surface area contributed by atoms with E-state index in [0.29, 0.717) is 5.75 Å². The topological polar surface area (TPSA) is 76.1 Å². The molecule has 0 saturated heterocycles. The Balaban J connectivity index is 2.61. The molecule has 1 amide bonds. The summed E-state index contributed by atoms with van der Waals surface area (Å²) in [5.41, 5.74) is 0. The van der Waals surface area contributed by atoms with E-state index < -0.39 is 18.0 Å². The van der Waals surface area contributed by atoms with Gasteiger partial charge >= 0.3 is 5.97 Å². The van der Waals surface area contributed by atoms with Crippen molar-refractivity contribution in [3.05, 3.63) is 30.3 Å². The maximum Gasteiger partial charge on any atom is 0.310 e. The summed E-state index contributed by atoms with van der Waals surface area (Å²) < 4.78 is 10.1. The fraction of sp³-hybridized carbons (Fsp3) is 0.500. The standard InChI is InChI=1S/C16H23NO5/c1-12(16(20)21-3)9-17(10-13(2)18)15(19)11-22-14-7-5-4-6-8-14/h4-8,12-13,18H,9-11H2,1-3H3. The van der Waals surface area contributed by atoms with Gasteiger partial charge in [0.05, 0.1) is 19.1 Å². The first-order chi connectivity index (χ1) is 10.4. The summed E-state index contributed by atoms with van der Waals surface area (Å²) in [5, 5.41) is 9.51. The first-order valence-electron chi connectivity index (χ1n) is 7.15. The normalized spacial score (nSPS) is 13.1. The van der Waals surface area contributed by atoms with Crippen molar-refractivity contribution in [3.8, 4) is 5.75 Å². The number of methoxy groups -OCH3 is 1. The Morgan fingerprint density at radius 2 is 1.82 bits per heavy atom. The second-order valence-electron chi connectivity index (χ2n) is 5.17. The number of aliphatic hydroxyl groups excluding tert-OH is 1. The molecule has 0 saturated carbocycles. The SMILES string of the molecule is COC(=O)C(C)CN(CC(C)O)C(=O)COc1ccccc1. The van der Waals surface area contributed by atoms with Crippen molar-refractivity contribution in [2.45, 2.75) is 20.0 Å². The molecular weight excluding hydrogens is 286 g/mol. The molecule has 6 heteroatoms. The highest BCUT2D eigenvalue weighted by atomic mass is 16.5. The molecule has 0 aliphatic heterocycles. The van der Waals surface area contributed by atoms with Crippen molar-refractivity contribution >= 4 is 11.9 Å². The second kappa shape index (κ2) is 9.04. The van der Waals surface area contributed by atoms with Crippen LogP contribution in [0.3, 0.4) is 0 Å². The quantitative estimate of drug-likeness (QED) is 0.727. The van der Waals surface area contributed by atoms with Gasteiger partial charge in [-0.1, -0.05) is 25.1 Å². The molecule has 122 valence electrons. The first kappa shape index (κ1) is 18.0. The number of ether oxygens (including phenoxy) is 2. The molecular formula is C16H23NO5. The van der Waals surface area contributed by atoms with Crippen LogP contribution in [0.5, 0.6) is 5.75 Å². The minimum Gasteiger partial charge on any atom is -0.484 e. The third-order valence-electron chi connectivity index (χ3n) is 3.04. The maximum atomic E-state index is 12.2. The number of hydrogen-bond donors (Lipinski definition) is 1. The van der Waals surface area contributed by atoms with Crippen LogP contribution in [0.4, 0.5) is 0 Å². The Hall–Kier alpha value is -2.08. The highest BCUT2D eigenvalue weighted by Gasteiger charge is 2.22. The van der Waals surface area contributed by atoms with Crippen molar-refractivity contribution in [2.24, 2.45) is 5.92 Å². The van der Waals surface area contributed by atoms with Crippen LogP contribution in [-0.4, -0.2) is 54.8 Å². The Bertz CT molecular complexity index is 475. The molecule has 22 heavy (non-hydrogen) atoms. The van der Waals surface area contributed by atoms with Crippen LogP contribution in [-0.2, 0) is 14.3 Å². The molecule has 1 N–H and O–H groups in total. The van der Waals surface area contributed by atoms with Gasteiger partial charge in [0.15, 0.2) is 6.61 Å². The molecule has 0 fully saturated rings. The number of aliphatic hydroxyl groups is 1. The van der Waals surface area contributed by atoms with Crippen molar-refractivity contribution in [1.29, 1.82) is 0 Å². The predicted molar refractivity (Wildman–Crippen MR) is 81.4 cm³/mol. The second-order valence-corrected chi connectivity index (χ2v) is 5.17. The lowest BCUT2D eigenvalue weighted by Crippen LogP contribution is -2.43. The van der Waals surface area contributed by atoms with E-state index in [2.05, 4.69) is 4.74 Å². The van der Waals surface area contributed by atoms with E-state index in [4.69, 9.17) is 4.74 Å². The van der Waals surface area contributed by atoms with Crippen LogP contribution in [0.1, 0.15) is 13.8 Å². The third-order valence-corrected chi connectivity index (χ3v) is 3.04. The molecule has 1 aromatic rings. The molecule has 1 aromatic carbocycles. The van der Waals surface area contributed by atoms with E-state index in [1.807, 2.05) is 18.2 Å². The number of esters is 1. The molecule has 0 aliphatic rings. The molecule has 0 aromatic heterocycles. The van der Waals surface area contributed by atoms with E-state index in [1.165, 1.54) is 12.0 Å². The van der Waals surface area contributed by atoms with Gasteiger partial charge in [-0.25, -0.2) is 0 Å². The predicted octanol–water partition coefficient (Wildman–Crippen LogP) is 1.08. The van der Waals surface area contributed by atoms with Crippen molar-refractivity contribution in [2.75, 3.05) is 26.8 Å². The minimum atomic E-state index is -0.689. The number of carbonyl (C=O) groups is 2. The number of nitrogens with zero attached hydrogens (tertiary/aromatic N) is 1. The lowest BCUT2D eigenvalue weighted by atomic mass is 10.1. The molecule has 2 atom stereocenters.